The lowest BCUT2D eigenvalue weighted by atomic mass is 10.1. The third kappa shape index (κ3) is 4.75. The molecule has 4 aromatic heterocycles. The molecule has 0 radical (unpaired) electrons. The van der Waals surface area contributed by atoms with Crippen LogP contribution in [0.3, 0.4) is 0 Å². The SMILES string of the molecule is Cc1cc2ccnn2c(C(=O)NCC(F)(F)F)c1NC(=O)c1cc(Br)nn1-c1ncccc1Cl. The van der Waals surface area contributed by atoms with Gasteiger partial charge in [-0.05, 0) is 52.7 Å². The summed E-state index contributed by atoms with van der Waals surface area (Å²) in [5.74, 6) is -1.59. The zero-order chi connectivity index (χ0) is 24.6. The summed E-state index contributed by atoms with van der Waals surface area (Å²) >= 11 is 9.40. The summed E-state index contributed by atoms with van der Waals surface area (Å²) in [5, 5.41) is 12.9. The number of fused-ring (bicyclic) bond motifs is 1. The van der Waals surface area contributed by atoms with Crippen molar-refractivity contribution in [2.45, 2.75) is 13.1 Å². The molecule has 0 unspecified atom stereocenters. The molecule has 4 heterocycles. The maximum atomic E-state index is 13.2. The third-order valence-corrected chi connectivity index (χ3v) is 5.32. The highest BCUT2D eigenvalue weighted by Gasteiger charge is 2.30. The summed E-state index contributed by atoms with van der Waals surface area (Å²) in [6.07, 6.45) is -1.76. The standard InChI is InChI=1S/C20H14BrClF3N7O2/c1-10-7-11-4-6-28-31(11)16(19(34)27-9-20(23,24)25)15(10)29-18(33)13-8-14(21)30-32(13)17-12(22)3-2-5-26-17/h2-8H,9H2,1H3,(H,27,34)(H,29,33). The highest BCUT2D eigenvalue weighted by molar-refractivity contribution is 9.10. The van der Waals surface area contributed by atoms with E-state index >= 15 is 0 Å². The van der Waals surface area contributed by atoms with Crippen LogP contribution in [0.15, 0.2) is 47.3 Å². The zero-order valence-corrected chi connectivity index (χ0v) is 19.5. The van der Waals surface area contributed by atoms with Gasteiger partial charge in [0.25, 0.3) is 11.8 Å². The predicted octanol–water partition coefficient (Wildman–Crippen LogP) is 4.18. The Morgan fingerprint density at radius 1 is 1.18 bits per heavy atom. The molecule has 14 heteroatoms. The van der Waals surface area contributed by atoms with Crippen molar-refractivity contribution in [2.24, 2.45) is 0 Å². The Labute approximate surface area is 203 Å². The monoisotopic (exact) mass is 555 g/mol. The maximum absolute atomic E-state index is 13.2. The normalized spacial score (nSPS) is 11.6. The number of carbonyl (C=O) groups is 2. The van der Waals surface area contributed by atoms with Crippen LogP contribution in [0.5, 0.6) is 0 Å². The van der Waals surface area contributed by atoms with Crippen LogP contribution in [-0.4, -0.2) is 48.9 Å². The fourth-order valence-electron chi connectivity index (χ4n) is 3.21. The van der Waals surface area contributed by atoms with Gasteiger partial charge in [0.2, 0.25) is 0 Å². The maximum Gasteiger partial charge on any atom is 0.405 e. The van der Waals surface area contributed by atoms with Crippen LogP contribution in [0.25, 0.3) is 11.3 Å². The van der Waals surface area contributed by atoms with Gasteiger partial charge in [0, 0.05) is 12.3 Å². The molecule has 176 valence electrons. The first kappa shape index (κ1) is 23.7. The van der Waals surface area contributed by atoms with Crippen LogP contribution in [-0.2, 0) is 0 Å². The Balaban J connectivity index is 1.76. The van der Waals surface area contributed by atoms with E-state index in [4.69, 9.17) is 11.6 Å². The summed E-state index contributed by atoms with van der Waals surface area (Å²) in [6, 6.07) is 7.80. The van der Waals surface area contributed by atoms with Crippen molar-refractivity contribution >= 4 is 50.5 Å². The van der Waals surface area contributed by atoms with Crippen LogP contribution in [0, 0.1) is 6.92 Å². The summed E-state index contributed by atoms with van der Waals surface area (Å²) in [5.41, 5.74) is 0.616. The van der Waals surface area contributed by atoms with E-state index in [0.29, 0.717) is 15.7 Å². The van der Waals surface area contributed by atoms with E-state index in [1.54, 1.807) is 31.2 Å². The molecular formula is C20H14BrClF3N7O2. The van der Waals surface area contributed by atoms with Crippen molar-refractivity contribution in [2.75, 3.05) is 11.9 Å². The quantitative estimate of drug-likeness (QED) is 0.384. The summed E-state index contributed by atoms with van der Waals surface area (Å²) in [6.45, 7) is 0.0554. The summed E-state index contributed by atoms with van der Waals surface area (Å²) < 4.78 is 40.8. The second-order valence-electron chi connectivity index (χ2n) is 7.04. The number of nitrogens with zero attached hydrogens (tertiary/aromatic N) is 5. The van der Waals surface area contributed by atoms with Gasteiger partial charge in [-0.25, -0.2) is 14.2 Å². The molecule has 2 N–H and O–H groups in total. The number of aromatic nitrogens is 5. The number of aryl methyl sites for hydroxylation is 1. The van der Waals surface area contributed by atoms with Gasteiger partial charge < -0.3 is 10.6 Å². The smallest absolute Gasteiger partial charge is 0.342 e. The molecular weight excluding hydrogens is 543 g/mol. The van der Waals surface area contributed by atoms with Gasteiger partial charge in [-0.2, -0.15) is 23.4 Å². The highest BCUT2D eigenvalue weighted by Crippen LogP contribution is 2.26. The Morgan fingerprint density at radius 2 is 1.94 bits per heavy atom. The molecule has 0 aromatic carbocycles. The Hall–Kier alpha value is -3.45. The van der Waals surface area contributed by atoms with E-state index in [2.05, 4.69) is 36.4 Å². The minimum Gasteiger partial charge on any atom is -0.342 e. The first-order valence-corrected chi connectivity index (χ1v) is 10.7. The van der Waals surface area contributed by atoms with Crippen LogP contribution in [0.2, 0.25) is 5.02 Å². The van der Waals surface area contributed by atoms with Gasteiger partial charge in [-0.1, -0.05) is 11.6 Å². The van der Waals surface area contributed by atoms with Crippen molar-refractivity contribution < 1.29 is 22.8 Å². The molecule has 0 atom stereocenters. The highest BCUT2D eigenvalue weighted by atomic mass is 79.9. The molecule has 0 bridgehead atoms. The minimum atomic E-state index is -4.62. The van der Waals surface area contributed by atoms with Crippen molar-refractivity contribution in [1.82, 2.24) is 29.7 Å². The molecule has 0 fully saturated rings. The second kappa shape index (κ2) is 9.06. The van der Waals surface area contributed by atoms with Crippen molar-refractivity contribution in [3.63, 3.8) is 0 Å². The number of pyridine rings is 2. The van der Waals surface area contributed by atoms with Crippen molar-refractivity contribution in [3.8, 4) is 5.82 Å². The number of alkyl halides is 3. The van der Waals surface area contributed by atoms with E-state index in [0.717, 1.165) is 4.52 Å². The first-order valence-electron chi connectivity index (χ1n) is 9.55. The van der Waals surface area contributed by atoms with E-state index < -0.39 is 24.5 Å². The van der Waals surface area contributed by atoms with E-state index in [1.807, 2.05) is 5.32 Å². The topological polar surface area (TPSA) is 106 Å². The zero-order valence-electron chi connectivity index (χ0n) is 17.2. The van der Waals surface area contributed by atoms with Gasteiger partial charge in [-0.15, -0.1) is 0 Å². The summed E-state index contributed by atoms with van der Waals surface area (Å²) in [7, 11) is 0. The first-order chi connectivity index (χ1) is 16.0. The van der Waals surface area contributed by atoms with Gasteiger partial charge >= 0.3 is 6.18 Å². The molecule has 4 rings (SSSR count). The van der Waals surface area contributed by atoms with Crippen molar-refractivity contribution in [3.05, 3.63) is 69.3 Å². The van der Waals surface area contributed by atoms with Crippen LogP contribution < -0.4 is 10.6 Å². The number of amides is 2. The van der Waals surface area contributed by atoms with E-state index in [-0.39, 0.29) is 27.9 Å². The number of hydrogen-bond acceptors (Lipinski definition) is 5. The van der Waals surface area contributed by atoms with E-state index in [1.165, 1.54) is 23.1 Å². The van der Waals surface area contributed by atoms with E-state index in [9.17, 15) is 22.8 Å². The Bertz CT molecular complexity index is 1420. The molecule has 0 aliphatic carbocycles. The molecule has 34 heavy (non-hydrogen) atoms. The number of rotatable bonds is 5. The molecule has 2 amide bonds. The van der Waals surface area contributed by atoms with Crippen LogP contribution >= 0.6 is 27.5 Å². The minimum absolute atomic E-state index is 0.00841. The average Bonchev–Trinajstić information content (AvgIpc) is 3.38. The number of hydrogen-bond donors (Lipinski definition) is 2. The fourth-order valence-corrected chi connectivity index (χ4v) is 3.79. The van der Waals surface area contributed by atoms with Crippen LogP contribution in [0.1, 0.15) is 26.5 Å². The molecule has 0 saturated heterocycles. The number of carbonyl (C=O) groups excluding carboxylic acids is 2. The molecule has 9 nitrogen and oxygen atoms in total. The van der Waals surface area contributed by atoms with Gasteiger partial charge in [-0.3, -0.25) is 9.59 Å². The van der Waals surface area contributed by atoms with Gasteiger partial charge in [0.15, 0.2) is 11.5 Å². The number of anilines is 1. The molecule has 0 aliphatic heterocycles. The molecule has 0 aliphatic rings. The molecule has 0 saturated carbocycles. The predicted molar refractivity (Wildman–Crippen MR) is 120 cm³/mol. The summed E-state index contributed by atoms with van der Waals surface area (Å²) in [4.78, 5) is 30.1. The average molecular weight is 557 g/mol. The molecule has 0 spiro atoms. The van der Waals surface area contributed by atoms with Crippen molar-refractivity contribution in [1.29, 1.82) is 0 Å². The largest absolute Gasteiger partial charge is 0.405 e. The van der Waals surface area contributed by atoms with Gasteiger partial charge in [0.05, 0.1) is 22.4 Å². The lowest BCUT2D eigenvalue weighted by Crippen LogP contribution is -2.35. The fraction of sp³-hybridized carbons (Fsp3) is 0.150. The lowest BCUT2D eigenvalue weighted by molar-refractivity contribution is -0.123. The molecule has 4 aromatic rings. The second-order valence-corrected chi connectivity index (χ2v) is 8.26. The lowest BCUT2D eigenvalue weighted by Gasteiger charge is -2.16. The van der Waals surface area contributed by atoms with Gasteiger partial charge in [0.1, 0.15) is 16.8 Å². The number of nitrogens with one attached hydrogen (secondary N) is 2. The van der Waals surface area contributed by atoms with Crippen LogP contribution in [0.4, 0.5) is 18.9 Å². The third-order valence-electron chi connectivity index (χ3n) is 4.63. The Morgan fingerprint density at radius 3 is 2.65 bits per heavy atom. The number of halogens is 5. The Kier molecular flexibility index (Phi) is 6.32.